The predicted octanol–water partition coefficient (Wildman–Crippen LogP) is 2.70. The third-order valence-electron chi connectivity index (χ3n) is 4.89. The fraction of sp³-hybridized carbons (Fsp3) is 0.500. The first-order valence-electron chi connectivity index (χ1n) is 9.65. The van der Waals surface area contributed by atoms with Crippen molar-refractivity contribution >= 4 is 5.91 Å². The maximum absolute atomic E-state index is 12.5. The molecule has 5 heteroatoms. The van der Waals surface area contributed by atoms with Crippen LogP contribution in [0.4, 0.5) is 0 Å². The van der Waals surface area contributed by atoms with E-state index in [1.165, 1.54) is 12.8 Å². The van der Waals surface area contributed by atoms with Crippen LogP contribution in [-0.2, 0) is 14.3 Å². The third-order valence-corrected chi connectivity index (χ3v) is 4.89. The number of carbonyl (C=O) groups is 1. The van der Waals surface area contributed by atoms with E-state index in [4.69, 9.17) is 21.0 Å². The number of benzene rings is 1. The van der Waals surface area contributed by atoms with Crippen LogP contribution < -0.4 is 5.32 Å². The Morgan fingerprint density at radius 2 is 2.07 bits per heavy atom. The van der Waals surface area contributed by atoms with Gasteiger partial charge in [-0.3, -0.25) is 4.79 Å². The molecule has 2 aliphatic rings. The number of unbranched alkanes of at least 4 members (excludes halogenated alkanes) is 1. The first-order valence-corrected chi connectivity index (χ1v) is 9.65. The molecule has 0 bridgehead atoms. The molecule has 1 aromatic carbocycles. The Kier molecular flexibility index (Phi) is 6.92. The molecule has 0 saturated heterocycles. The number of aliphatic hydroxyl groups is 1. The Morgan fingerprint density at radius 1 is 1.30 bits per heavy atom. The van der Waals surface area contributed by atoms with Gasteiger partial charge < -0.3 is 19.9 Å². The van der Waals surface area contributed by atoms with E-state index in [9.17, 15) is 4.79 Å². The van der Waals surface area contributed by atoms with Gasteiger partial charge in [0.1, 0.15) is 0 Å². The third kappa shape index (κ3) is 5.85. The molecule has 0 unspecified atom stereocenters. The Labute approximate surface area is 160 Å². The van der Waals surface area contributed by atoms with Gasteiger partial charge in [0.05, 0.1) is 6.61 Å². The number of nitrogens with one attached hydrogen (secondary N) is 1. The Bertz CT molecular complexity index is 700. The molecule has 2 atom stereocenters. The van der Waals surface area contributed by atoms with E-state index in [2.05, 4.69) is 11.2 Å². The highest BCUT2D eigenvalue weighted by atomic mass is 16.7. The summed E-state index contributed by atoms with van der Waals surface area (Å²) in [5.74, 6) is 3.38. The lowest BCUT2D eigenvalue weighted by Crippen LogP contribution is -2.34. The summed E-state index contributed by atoms with van der Waals surface area (Å²) in [7, 11) is 0. The summed E-state index contributed by atoms with van der Waals surface area (Å²) in [5.41, 5.74) is 1.91. The van der Waals surface area contributed by atoms with Crippen molar-refractivity contribution in [3.8, 4) is 12.3 Å². The summed E-state index contributed by atoms with van der Waals surface area (Å²) in [6.45, 7) is 1.34. The predicted molar refractivity (Wildman–Crippen MR) is 103 cm³/mol. The molecule has 0 aromatic heterocycles. The van der Waals surface area contributed by atoms with Crippen LogP contribution in [0.3, 0.4) is 0 Å². The van der Waals surface area contributed by atoms with E-state index in [1.807, 2.05) is 30.3 Å². The Morgan fingerprint density at radius 3 is 2.74 bits per heavy atom. The first kappa shape index (κ1) is 19.5. The molecule has 3 rings (SSSR count). The maximum atomic E-state index is 12.5. The van der Waals surface area contributed by atoms with Gasteiger partial charge in [-0.15, -0.1) is 6.42 Å². The SMILES string of the molecule is C#Cc1ccc([C@H]2C=C(C(=O)NCC3CC3)O[C@@H](OCCCCO)C2)cc1. The molecule has 1 aromatic rings. The number of allylic oxidation sites excluding steroid dienone is 1. The molecule has 1 amide bonds. The van der Waals surface area contributed by atoms with Crippen LogP contribution in [0, 0.1) is 18.3 Å². The molecule has 1 heterocycles. The quantitative estimate of drug-likeness (QED) is 0.519. The zero-order chi connectivity index (χ0) is 19.1. The minimum absolute atomic E-state index is 0.0232. The molecule has 27 heavy (non-hydrogen) atoms. The number of ether oxygens (including phenoxy) is 2. The second kappa shape index (κ2) is 9.59. The molecule has 0 radical (unpaired) electrons. The molecular formula is C22H27NO4. The summed E-state index contributed by atoms with van der Waals surface area (Å²) in [6, 6.07) is 7.79. The molecule has 5 nitrogen and oxygen atoms in total. The second-order valence-electron chi connectivity index (χ2n) is 7.14. The molecule has 1 fully saturated rings. The van der Waals surface area contributed by atoms with Gasteiger partial charge in [-0.05, 0) is 55.4 Å². The molecular weight excluding hydrogens is 342 g/mol. The largest absolute Gasteiger partial charge is 0.459 e. The summed E-state index contributed by atoms with van der Waals surface area (Å²) in [5, 5.41) is 11.9. The van der Waals surface area contributed by atoms with Gasteiger partial charge in [0.2, 0.25) is 6.29 Å². The van der Waals surface area contributed by atoms with Gasteiger partial charge in [-0.1, -0.05) is 18.1 Å². The van der Waals surface area contributed by atoms with Crippen LogP contribution in [0.5, 0.6) is 0 Å². The van der Waals surface area contributed by atoms with Crippen LogP contribution in [0.1, 0.15) is 49.1 Å². The van der Waals surface area contributed by atoms with E-state index in [0.29, 0.717) is 37.7 Å². The van der Waals surface area contributed by atoms with E-state index >= 15 is 0 Å². The topological polar surface area (TPSA) is 67.8 Å². The van der Waals surface area contributed by atoms with Crippen LogP contribution in [0.15, 0.2) is 36.1 Å². The Balaban J connectivity index is 1.68. The monoisotopic (exact) mass is 369 g/mol. The highest BCUT2D eigenvalue weighted by Gasteiger charge is 2.29. The van der Waals surface area contributed by atoms with E-state index in [0.717, 1.165) is 17.5 Å². The zero-order valence-corrected chi connectivity index (χ0v) is 15.5. The standard InChI is InChI=1S/C22H27NO4/c1-2-16-7-9-18(10-8-16)19-13-20(22(25)23-15-17-5-6-17)27-21(14-19)26-12-4-3-11-24/h1,7-10,13,17,19,21,24H,3-6,11-12,14-15H2,(H,23,25)/t19-,21+/m0/s1. The average molecular weight is 369 g/mol. The van der Waals surface area contributed by atoms with Crippen molar-refractivity contribution in [2.24, 2.45) is 5.92 Å². The van der Waals surface area contributed by atoms with Crippen LogP contribution >= 0.6 is 0 Å². The van der Waals surface area contributed by atoms with Crippen molar-refractivity contribution < 1.29 is 19.4 Å². The van der Waals surface area contributed by atoms with Crippen LogP contribution in [0.25, 0.3) is 0 Å². The van der Waals surface area contributed by atoms with Crippen LogP contribution in [0.2, 0.25) is 0 Å². The molecule has 2 N–H and O–H groups in total. The van der Waals surface area contributed by atoms with Gasteiger partial charge in [-0.2, -0.15) is 0 Å². The van der Waals surface area contributed by atoms with Gasteiger partial charge >= 0.3 is 0 Å². The van der Waals surface area contributed by atoms with Gasteiger partial charge in [0.15, 0.2) is 5.76 Å². The first-order chi connectivity index (χ1) is 13.2. The van der Waals surface area contributed by atoms with E-state index in [1.54, 1.807) is 0 Å². The minimum atomic E-state index is -0.479. The molecule has 1 saturated carbocycles. The van der Waals surface area contributed by atoms with Crippen molar-refractivity contribution in [3.05, 3.63) is 47.2 Å². The smallest absolute Gasteiger partial charge is 0.286 e. The van der Waals surface area contributed by atoms with Crippen molar-refractivity contribution in [3.63, 3.8) is 0 Å². The van der Waals surface area contributed by atoms with Crippen LogP contribution in [-0.4, -0.2) is 37.1 Å². The fourth-order valence-electron chi connectivity index (χ4n) is 3.05. The maximum Gasteiger partial charge on any atom is 0.286 e. The van der Waals surface area contributed by atoms with Gasteiger partial charge in [0.25, 0.3) is 5.91 Å². The average Bonchev–Trinajstić information content (AvgIpc) is 3.54. The number of terminal acetylenes is 1. The minimum Gasteiger partial charge on any atom is -0.459 e. The molecule has 0 spiro atoms. The number of hydrogen-bond donors (Lipinski definition) is 2. The Hall–Kier alpha value is -2.29. The van der Waals surface area contributed by atoms with Crippen molar-refractivity contribution in [2.45, 2.75) is 44.3 Å². The highest BCUT2D eigenvalue weighted by molar-refractivity contribution is 5.91. The normalized spacial score (nSPS) is 21.7. The van der Waals surface area contributed by atoms with Gasteiger partial charge in [-0.25, -0.2) is 0 Å². The summed E-state index contributed by atoms with van der Waals surface area (Å²) in [6.07, 6.45) is 11.3. The highest BCUT2D eigenvalue weighted by Crippen LogP contribution is 2.32. The second-order valence-corrected chi connectivity index (χ2v) is 7.14. The molecule has 144 valence electrons. The lowest BCUT2D eigenvalue weighted by Gasteiger charge is -2.29. The number of hydrogen-bond acceptors (Lipinski definition) is 4. The number of aliphatic hydroxyl groups excluding tert-OH is 1. The summed E-state index contributed by atoms with van der Waals surface area (Å²) >= 11 is 0. The van der Waals surface area contributed by atoms with E-state index < -0.39 is 6.29 Å². The number of carbonyl (C=O) groups excluding carboxylic acids is 1. The molecule has 1 aliphatic heterocycles. The zero-order valence-electron chi connectivity index (χ0n) is 15.5. The number of amides is 1. The fourth-order valence-corrected chi connectivity index (χ4v) is 3.05. The summed E-state index contributed by atoms with van der Waals surface area (Å²) < 4.78 is 11.6. The van der Waals surface area contributed by atoms with Crippen molar-refractivity contribution in [2.75, 3.05) is 19.8 Å². The molecule has 1 aliphatic carbocycles. The van der Waals surface area contributed by atoms with Gasteiger partial charge in [0, 0.05) is 31.1 Å². The lowest BCUT2D eigenvalue weighted by molar-refractivity contribution is -0.146. The number of rotatable bonds is 9. The van der Waals surface area contributed by atoms with E-state index in [-0.39, 0.29) is 18.4 Å². The van der Waals surface area contributed by atoms with Crippen molar-refractivity contribution in [1.29, 1.82) is 0 Å². The summed E-state index contributed by atoms with van der Waals surface area (Å²) in [4.78, 5) is 12.5. The van der Waals surface area contributed by atoms with Crippen molar-refractivity contribution in [1.82, 2.24) is 5.32 Å². The lowest BCUT2D eigenvalue weighted by atomic mass is 9.92.